The Bertz CT molecular complexity index is 419. The predicted molar refractivity (Wildman–Crippen MR) is 70.6 cm³/mol. The molecule has 0 atom stereocenters. The van der Waals surface area contributed by atoms with Crippen LogP contribution in [0.25, 0.3) is 0 Å². The monoisotopic (exact) mass is 251 g/mol. The SMILES string of the molecule is CCCCCCCc1nc(N)nc(C)c1C(=O)O. The van der Waals surface area contributed by atoms with Crippen molar-refractivity contribution < 1.29 is 9.90 Å². The van der Waals surface area contributed by atoms with Gasteiger partial charge in [-0.05, 0) is 19.8 Å². The largest absolute Gasteiger partial charge is 0.478 e. The maximum absolute atomic E-state index is 11.2. The number of rotatable bonds is 7. The average Bonchev–Trinajstić information content (AvgIpc) is 2.27. The van der Waals surface area contributed by atoms with Crippen molar-refractivity contribution in [2.75, 3.05) is 5.73 Å². The third-order valence-corrected chi connectivity index (χ3v) is 2.91. The summed E-state index contributed by atoms with van der Waals surface area (Å²) in [5, 5.41) is 9.16. The number of nitrogens with zero attached hydrogens (tertiary/aromatic N) is 2. The molecule has 0 aromatic carbocycles. The number of hydrogen-bond acceptors (Lipinski definition) is 4. The Morgan fingerprint density at radius 2 is 1.89 bits per heavy atom. The van der Waals surface area contributed by atoms with Crippen molar-refractivity contribution in [3.05, 3.63) is 17.0 Å². The van der Waals surface area contributed by atoms with Crippen molar-refractivity contribution in [1.29, 1.82) is 0 Å². The van der Waals surface area contributed by atoms with Crippen molar-refractivity contribution in [3.63, 3.8) is 0 Å². The van der Waals surface area contributed by atoms with Crippen LogP contribution in [0.4, 0.5) is 5.95 Å². The summed E-state index contributed by atoms with van der Waals surface area (Å²) >= 11 is 0. The fourth-order valence-corrected chi connectivity index (χ4v) is 2.01. The molecule has 0 fully saturated rings. The number of unbranched alkanes of at least 4 members (excludes halogenated alkanes) is 4. The topological polar surface area (TPSA) is 89.1 Å². The normalized spacial score (nSPS) is 10.6. The van der Waals surface area contributed by atoms with Gasteiger partial charge in [0.1, 0.15) is 5.56 Å². The lowest BCUT2D eigenvalue weighted by atomic mass is 10.0. The van der Waals surface area contributed by atoms with E-state index in [1.165, 1.54) is 19.3 Å². The lowest BCUT2D eigenvalue weighted by Crippen LogP contribution is -2.12. The molecule has 5 heteroatoms. The fourth-order valence-electron chi connectivity index (χ4n) is 2.01. The second-order valence-electron chi connectivity index (χ2n) is 4.46. The average molecular weight is 251 g/mol. The smallest absolute Gasteiger partial charge is 0.339 e. The Labute approximate surface area is 107 Å². The zero-order valence-electron chi connectivity index (χ0n) is 11.1. The van der Waals surface area contributed by atoms with Crippen LogP contribution in [-0.2, 0) is 6.42 Å². The van der Waals surface area contributed by atoms with E-state index < -0.39 is 5.97 Å². The summed E-state index contributed by atoms with van der Waals surface area (Å²) < 4.78 is 0. The molecule has 0 unspecified atom stereocenters. The minimum Gasteiger partial charge on any atom is -0.478 e. The first-order valence-corrected chi connectivity index (χ1v) is 6.42. The van der Waals surface area contributed by atoms with E-state index in [2.05, 4.69) is 16.9 Å². The minimum absolute atomic E-state index is 0.154. The zero-order chi connectivity index (χ0) is 13.5. The first-order valence-electron chi connectivity index (χ1n) is 6.42. The Morgan fingerprint density at radius 3 is 2.50 bits per heavy atom. The maximum atomic E-state index is 11.2. The Morgan fingerprint density at radius 1 is 1.22 bits per heavy atom. The summed E-state index contributed by atoms with van der Waals surface area (Å²) in [5.74, 6) is -0.822. The number of aromatic carboxylic acids is 1. The number of nitrogen functional groups attached to an aromatic ring is 1. The fraction of sp³-hybridized carbons (Fsp3) is 0.615. The molecule has 5 nitrogen and oxygen atoms in total. The highest BCUT2D eigenvalue weighted by atomic mass is 16.4. The summed E-state index contributed by atoms with van der Waals surface area (Å²) in [6.07, 6.45) is 6.28. The summed E-state index contributed by atoms with van der Waals surface area (Å²) in [6.45, 7) is 3.82. The zero-order valence-corrected chi connectivity index (χ0v) is 11.1. The van der Waals surface area contributed by atoms with E-state index in [9.17, 15) is 4.79 Å². The quantitative estimate of drug-likeness (QED) is 0.727. The summed E-state index contributed by atoms with van der Waals surface area (Å²) in [6, 6.07) is 0. The first kappa shape index (κ1) is 14.4. The molecule has 0 bridgehead atoms. The molecule has 1 aromatic heterocycles. The van der Waals surface area contributed by atoms with Crippen LogP contribution in [0.15, 0.2) is 0 Å². The molecule has 1 rings (SSSR count). The van der Waals surface area contributed by atoms with Gasteiger partial charge in [-0.25, -0.2) is 14.8 Å². The molecule has 0 spiro atoms. The second-order valence-corrected chi connectivity index (χ2v) is 4.46. The van der Waals surface area contributed by atoms with Crippen LogP contribution < -0.4 is 5.73 Å². The van der Waals surface area contributed by atoms with Gasteiger partial charge in [0.15, 0.2) is 0 Å². The van der Waals surface area contributed by atoms with E-state index in [1.807, 2.05) is 0 Å². The van der Waals surface area contributed by atoms with Crippen LogP contribution in [0.1, 0.15) is 60.8 Å². The van der Waals surface area contributed by atoms with Gasteiger partial charge in [-0.15, -0.1) is 0 Å². The maximum Gasteiger partial charge on any atom is 0.339 e. The molecule has 1 heterocycles. The van der Waals surface area contributed by atoms with Crippen LogP contribution in [0, 0.1) is 6.92 Å². The van der Waals surface area contributed by atoms with E-state index in [-0.39, 0.29) is 11.5 Å². The Hall–Kier alpha value is -1.65. The van der Waals surface area contributed by atoms with Crippen molar-refractivity contribution in [2.45, 2.75) is 52.4 Å². The van der Waals surface area contributed by atoms with Gasteiger partial charge in [0.05, 0.1) is 11.4 Å². The molecule has 100 valence electrons. The molecular weight excluding hydrogens is 230 g/mol. The number of carbonyl (C=O) groups is 1. The van der Waals surface area contributed by atoms with E-state index in [0.717, 1.165) is 12.8 Å². The molecule has 3 N–H and O–H groups in total. The Kier molecular flexibility index (Phi) is 5.55. The van der Waals surface area contributed by atoms with Gasteiger partial charge in [-0.1, -0.05) is 32.6 Å². The Balaban J connectivity index is 2.71. The number of aromatic nitrogens is 2. The summed E-state index contributed by atoms with van der Waals surface area (Å²) in [5.41, 5.74) is 6.78. The first-order chi connectivity index (χ1) is 8.56. The third kappa shape index (κ3) is 3.98. The molecule has 0 amide bonds. The van der Waals surface area contributed by atoms with Crippen molar-refractivity contribution in [2.24, 2.45) is 0 Å². The van der Waals surface area contributed by atoms with Crippen LogP contribution in [0.2, 0.25) is 0 Å². The van der Waals surface area contributed by atoms with Gasteiger partial charge in [-0.3, -0.25) is 0 Å². The van der Waals surface area contributed by atoms with E-state index in [0.29, 0.717) is 17.8 Å². The minimum atomic E-state index is -0.976. The molecule has 1 aromatic rings. The lowest BCUT2D eigenvalue weighted by Gasteiger charge is -2.08. The number of anilines is 1. The number of aryl methyl sites for hydroxylation is 2. The number of hydrogen-bond donors (Lipinski definition) is 2. The van der Waals surface area contributed by atoms with Crippen LogP contribution >= 0.6 is 0 Å². The highest BCUT2D eigenvalue weighted by molar-refractivity contribution is 5.90. The van der Waals surface area contributed by atoms with Crippen molar-refractivity contribution in [1.82, 2.24) is 9.97 Å². The predicted octanol–water partition coefficient (Wildman–Crippen LogP) is 2.58. The van der Waals surface area contributed by atoms with Crippen molar-refractivity contribution in [3.8, 4) is 0 Å². The van der Waals surface area contributed by atoms with Crippen LogP contribution in [0.3, 0.4) is 0 Å². The number of nitrogens with two attached hydrogens (primary N) is 1. The molecule has 0 saturated heterocycles. The molecular formula is C13H21N3O2. The summed E-state index contributed by atoms with van der Waals surface area (Å²) in [7, 11) is 0. The van der Waals surface area contributed by atoms with Gasteiger partial charge in [0, 0.05) is 0 Å². The molecule has 0 aliphatic rings. The standard InChI is InChI=1S/C13H21N3O2/c1-3-4-5-6-7-8-10-11(12(17)18)9(2)15-13(14)16-10/h3-8H2,1-2H3,(H,17,18)(H2,14,15,16). The van der Waals surface area contributed by atoms with Gasteiger partial charge >= 0.3 is 5.97 Å². The van der Waals surface area contributed by atoms with Gasteiger partial charge in [0.2, 0.25) is 5.95 Å². The molecule has 0 radical (unpaired) electrons. The highest BCUT2D eigenvalue weighted by Gasteiger charge is 2.16. The molecule has 0 aliphatic carbocycles. The van der Waals surface area contributed by atoms with E-state index in [4.69, 9.17) is 10.8 Å². The van der Waals surface area contributed by atoms with E-state index in [1.54, 1.807) is 6.92 Å². The van der Waals surface area contributed by atoms with Crippen LogP contribution in [0.5, 0.6) is 0 Å². The lowest BCUT2D eigenvalue weighted by molar-refractivity contribution is 0.0693. The highest BCUT2D eigenvalue weighted by Crippen LogP contribution is 2.15. The van der Waals surface area contributed by atoms with Gasteiger partial charge in [0.25, 0.3) is 0 Å². The third-order valence-electron chi connectivity index (χ3n) is 2.91. The van der Waals surface area contributed by atoms with Gasteiger partial charge in [-0.2, -0.15) is 0 Å². The van der Waals surface area contributed by atoms with Crippen molar-refractivity contribution >= 4 is 11.9 Å². The molecule has 0 saturated carbocycles. The van der Waals surface area contributed by atoms with Gasteiger partial charge < -0.3 is 10.8 Å². The number of carboxylic acid groups (broad SMARTS) is 1. The van der Waals surface area contributed by atoms with Crippen LogP contribution in [-0.4, -0.2) is 21.0 Å². The molecule has 18 heavy (non-hydrogen) atoms. The number of carboxylic acids is 1. The summed E-state index contributed by atoms with van der Waals surface area (Å²) in [4.78, 5) is 19.1. The second kappa shape index (κ2) is 6.93. The molecule has 0 aliphatic heterocycles. The van der Waals surface area contributed by atoms with E-state index >= 15 is 0 Å².